The molecule has 1 heterocycles. The van der Waals surface area contributed by atoms with Gasteiger partial charge in [0.15, 0.2) is 5.82 Å². The number of hydrogen-bond donors (Lipinski definition) is 2. The molecule has 0 aliphatic heterocycles. The Labute approximate surface area is 122 Å². The number of nitrogen functional groups attached to an aromatic ring is 1. The van der Waals surface area contributed by atoms with E-state index in [-0.39, 0.29) is 11.6 Å². The van der Waals surface area contributed by atoms with Crippen molar-refractivity contribution in [3.63, 3.8) is 0 Å². The van der Waals surface area contributed by atoms with Gasteiger partial charge in [-0.25, -0.2) is 15.2 Å². The molecule has 0 saturated carbocycles. The van der Waals surface area contributed by atoms with Gasteiger partial charge >= 0.3 is 0 Å². The molecule has 100 valence electrons. The standard InChI is InChI=1S/C11H9BrClFN4O/c12-7-1-8(13)9(14)2-10(7)19-5-6-3-17-11(18-15)4-16-6/h1-4H,5,15H2,(H,17,18). The monoisotopic (exact) mass is 346 g/mol. The summed E-state index contributed by atoms with van der Waals surface area (Å²) in [6, 6.07) is 2.63. The number of benzene rings is 1. The molecule has 0 bridgehead atoms. The minimum absolute atomic E-state index is 0.0254. The molecular formula is C11H9BrClFN4O. The molecule has 0 spiro atoms. The normalized spacial score (nSPS) is 10.3. The van der Waals surface area contributed by atoms with Crippen LogP contribution in [0.15, 0.2) is 29.0 Å². The predicted molar refractivity (Wildman–Crippen MR) is 73.3 cm³/mol. The van der Waals surface area contributed by atoms with Crippen molar-refractivity contribution in [3.8, 4) is 5.75 Å². The van der Waals surface area contributed by atoms with Crippen LogP contribution in [0.25, 0.3) is 0 Å². The van der Waals surface area contributed by atoms with Crippen LogP contribution in [-0.2, 0) is 6.61 Å². The van der Waals surface area contributed by atoms with E-state index in [4.69, 9.17) is 22.2 Å². The highest BCUT2D eigenvalue weighted by atomic mass is 79.9. The van der Waals surface area contributed by atoms with E-state index in [2.05, 4.69) is 31.3 Å². The van der Waals surface area contributed by atoms with E-state index in [0.29, 0.717) is 21.7 Å². The van der Waals surface area contributed by atoms with Crippen LogP contribution in [0.3, 0.4) is 0 Å². The molecule has 8 heteroatoms. The minimum Gasteiger partial charge on any atom is -0.486 e. The summed E-state index contributed by atoms with van der Waals surface area (Å²) in [5, 5.41) is 0.0254. The lowest BCUT2D eigenvalue weighted by Gasteiger charge is -2.08. The molecule has 1 aromatic heterocycles. The number of rotatable bonds is 4. The molecule has 5 nitrogen and oxygen atoms in total. The van der Waals surface area contributed by atoms with Gasteiger partial charge in [0.2, 0.25) is 0 Å². The minimum atomic E-state index is -0.548. The summed E-state index contributed by atoms with van der Waals surface area (Å²) in [7, 11) is 0. The van der Waals surface area contributed by atoms with Crippen LogP contribution >= 0.6 is 27.5 Å². The number of hydrogen-bond acceptors (Lipinski definition) is 5. The van der Waals surface area contributed by atoms with Crippen molar-refractivity contribution in [1.29, 1.82) is 0 Å². The molecule has 0 fully saturated rings. The quantitative estimate of drug-likeness (QED) is 0.505. The summed E-state index contributed by atoms with van der Waals surface area (Å²) in [6.07, 6.45) is 2.98. The van der Waals surface area contributed by atoms with Gasteiger partial charge in [-0.05, 0) is 22.0 Å². The fourth-order valence-corrected chi connectivity index (χ4v) is 2.02. The van der Waals surface area contributed by atoms with Crippen molar-refractivity contribution < 1.29 is 9.13 Å². The van der Waals surface area contributed by atoms with Gasteiger partial charge in [0.25, 0.3) is 0 Å². The van der Waals surface area contributed by atoms with Gasteiger partial charge in [0.05, 0.1) is 27.6 Å². The molecule has 0 radical (unpaired) electrons. The number of anilines is 1. The average molecular weight is 348 g/mol. The van der Waals surface area contributed by atoms with Crippen molar-refractivity contribution >= 4 is 33.3 Å². The van der Waals surface area contributed by atoms with E-state index in [0.717, 1.165) is 0 Å². The second kappa shape index (κ2) is 6.14. The van der Waals surface area contributed by atoms with Crippen molar-refractivity contribution in [1.82, 2.24) is 9.97 Å². The number of nitrogens with zero attached hydrogens (tertiary/aromatic N) is 2. The number of nitrogens with two attached hydrogens (primary N) is 1. The van der Waals surface area contributed by atoms with Gasteiger partial charge in [0, 0.05) is 6.07 Å². The Balaban J connectivity index is 2.07. The molecule has 0 aliphatic rings. The third-order valence-electron chi connectivity index (χ3n) is 2.20. The Hall–Kier alpha value is -1.44. The van der Waals surface area contributed by atoms with Gasteiger partial charge in [0.1, 0.15) is 18.2 Å². The van der Waals surface area contributed by atoms with Crippen LogP contribution in [-0.4, -0.2) is 9.97 Å². The maximum absolute atomic E-state index is 13.3. The van der Waals surface area contributed by atoms with E-state index in [1.807, 2.05) is 0 Å². The highest BCUT2D eigenvalue weighted by Gasteiger charge is 2.08. The number of ether oxygens (including phenoxy) is 1. The molecule has 2 aromatic rings. The Morgan fingerprint density at radius 1 is 1.37 bits per heavy atom. The van der Waals surface area contributed by atoms with Crippen molar-refractivity contribution in [2.45, 2.75) is 6.61 Å². The molecular weight excluding hydrogens is 339 g/mol. The van der Waals surface area contributed by atoms with Gasteiger partial charge in [-0.2, -0.15) is 0 Å². The fourth-order valence-electron chi connectivity index (χ4n) is 1.27. The predicted octanol–water partition coefficient (Wildman–Crippen LogP) is 2.90. The van der Waals surface area contributed by atoms with Gasteiger partial charge in [-0.3, -0.25) is 4.98 Å². The zero-order valence-corrected chi connectivity index (χ0v) is 11.9. The molecule has 0 aliphatic carbocycles. The van der Waals surface area contributed by atoms with E-state index >= 15 is 0 Å². The van der Waals surface area contributed by atoms with Gasteiger partial charge in [-0.15, -0.1) is 0 Å². The van der Waals surface area contributed by atoms with Crippen molar-refractivity contribution in [2.24, 2.45) is 5.84 Å². The molecule has 2 rings (SSSR count). The van der Waals surface area contributed by atoms with Gasteiger partial charge < -0.3 is 10.2 Å². The van der Waals surface area contributed by atoms with Gasteiger partial charge in [-0.1, -0.05) is 11.6 Å². The molecule has 0 unspecified atom stereocenters. The molecule has 19 heavy (non-hydrogen) atoms. The molecule has 0 atom stereocenters. The first-order chi connectivity index (χ1) is 9.10. The summed E-state index contributed by atoms with van der Waals surface area (Å²) in [6.45, 7) is 0.150. The lowest BCUT2D eigenvalue weighted by atomic mass is 10.3. The second-order valence-electron chi connectivity index (χ2n) is 3.52. The highest BCUT2D eigenvalue weighted by molar-refractivity contribution is 9.10. The second-order valence-corrected chi connectivity index (χ2v) is 4.78. The number of aromatic nitrogens is 2. The van der Waals surface area contributed by atoms with Crippen LogP contribution < -0.4 is 16.0 Å². The van der Waals surface area contributed by atoms with E-state index in [9.17, 15) is 4.39 Å². The Bertz CT molecular complexity index is 582. The van der Waals surface area contributed by atoms with E-state index in [1.165, 1.54) is 24.5 Å². The fraction of sp³-hybridized carbons (Fsp3) is 0.0909. The highest BCUT2D eigenvalue weighted by Crippen LogP contribution is 2.30. The van der Waals surface area contributed by atoms with Crippen LogP contribution in [0.5, 0.6) is 5.75 Å². The Morgan fingerprint density at radius 2 is 2.16 bits per heavy atom. The molecule has 0 saturated heterocycles. The largest absolute Gasteiger partial charge is 0.486 e. The summed E-state index contributed by atoms with van der Waals surface area (Å²) in [5.74, 6) is 5.41. The van der Waals surface area contributed by atoms with Crippen LogP contribution in [0, 0.1) is 5.82 Å². The first-order valence-corrected chi connectivity index (χ1v) is 6.32. The summed E-state index contributed by atoms with van der Waals surface area (Å²) in [4.78, 5) is 8.05. The SMILES string of the molecule is NNc1cnc(COc2cc(F)c(Cl)cc2Br)cn1. The first-order valence-electron chi connectivity index (χ1n) is 5.15. The number of nitrogens with one attached hydrogen (secondary N) is 1. The zero-order valence-electron chi connectivity index (χ0n) is 9.53. The van der Waals surface area contributed by atoms with E-state index < -0.39 is 5.82 Å². The number of halogens is 3. The lowest BCUT2D eigenvalue weighted by molar-refractivity contribution is 0.297. The summed E-state index contributed by atoms with van der Waals surface area (Å²) >= 11 is 8.87. The molecule has 0 amide bonds. The third-order valence-corrected chi connectivity index (χ3v) is 3.11. The Morgan fingerprint density at radius 3 is 2.79 bits per heavy atom. The topological polar surface area (TPSA) is 73.1 Å². The van der Waals surface area contributed by atoms with Crippen LogP contribution in [0.2, 0.25) is 5.02 Å². The average Bonchev–Trinajstić information content (AvgIpc) is 2.42. The van der Waals surface area contributed by atoms with Crippen LogP contribution in [0.1, 0.15) is 5.69 Å². The van der Waals surface area contributed by atoms with Crippen LogP contribution in [0.4, 0.5) is 10.2 Å². The molecule has 3 N–H and O–H groups in total. The maximum Gasteiger partial charge on any atom is 0.158 e. The molecule has 1 aromatic carbocycles. The smallest absolute Gasteiger partial charge is 0.158 e. The van der Waals surface area contributed by atoms with Crippen molar-refractivity contribution in [2.75, 3.05) is 5.43 Å². The summed E-state index contributed by atoms with van der Waals surface area (Å²) < 4.78 is 19.3. The third kappa shape index (κ3) is 3.52. The zero-order chi connectivity index (χ0) is 13.8. The first kappa shape index (κ1) is 14.0. The summed E-state index contributed by atoms with van der Waals surface area (Å²) in [5.41, 5.74) is 2.95. The van der Waals surface area contributed by atoms with E-state index in [1.54, 1.807) is 0 Å². The van der Waals surface area contributed by atoms with Crippen molar-refractivity contribution in [3.05, 3.63) is 45.5 Å². The Kier molecular flexibility index (Phi) is 4.52. The number of hydrazine groups is 1. The maximum atomic E-state index is 13.3. The lowest BCUT2D eigenvalue weighted by Crippen LogP contribution is -2.09.